The fourth-order valence-electron chi connectivity index (χ4n) is 3.56. The van der Waals surface area contributed by atoms with E-state index in [1.807, 2.05) is 18.2 Å². The number of para-hydroxylation sites is 1. The zero-order valence-corrected chi connectivity index (χ0v) is 15.9. The van der Waals surface area contributed by atoms with Gasteiger partial charge in [-0.1, -0.05) is 29.5 Å². The van der Waals surface area contributed by atoms with Crippen LogP contribution in [0.25, 0.3) is 15.9 Å². The molecule has 1 fully saturated rings. The van der Waals surface area contributed by atoms with Crippen molar-refractivity contribution in [2.45, 2.75) is 6.42 Å². The molecule has 0 unspecified atom stereocenters. The first-order chi connectivity index (χ1) is 13.7. The molecule has 1 aliphatic rings. The molecule has 0 atom stereocenters. The lowest BCUT2D eigenvalue weighted by Crippen LogP contribution is -2.35. The van der Waals surface area contributed by atoms with Crippen LogP contribution in [-0.4, -0.2) is 51.4 Å². The minimum absolute atomic E-state index is 0.111. The molecule has 1 aliphatic heterocycles. The van der Waals surface area contributed by atoms with Gasteiger partial charge in [-0.05, 0) is 30.7 Å². The molecule has 1 aromatic carbocycles. The largest absolute Gasteiger partial charge is 0.346 e. The van der Waals surface area contributed by atoms with Crippen LogP contribution in [0.4, 0.5) is 9.52 Å². The van der Waals surface area contributed by atoms with Crippen LogP contribution in [0.15, 0.2) is 48.7 Å². The second-order valence-corrected chi connectivity index (χ2v) is 7.79. The first-order valence-corrected chi connectivity index (χ1v) is 10.0. The number of thiazole rings is 1. The van der Waals surface area contributed by atoms with E-state index in [9.17, 15) is 9.18 Å². The molecule has 0 bridgehead atoms. The molecule has 0 N–H and O–H groups in total. The molecule has 5 rings (SSSR count). The van der Waals surface area contributed by atoms with E-state index in [0.717, 1.165) is 28.3 Å². The van der Waals surface area contributed by atoms with E-state index in [2.05, 4.69) is 16.0 Å². The summed E-state index contributed by atoms with van der Waals surface area (Å²) < 4.78 is 17.1. The summed E-state index contributed by atoms with van der Waals surface area (Å²) in [7, 11) is 0. The number of nitrogens with zero attached hydrogens (tertiary/aromatic N) is 5. The Balaban J connectivity index is 1.36. The van der Waals surface area contributed by atoms with Crippen molar-refractivity contribution in [3.05, 3.63) is 60.3 Å². The Kier molecular flexibility index (Phi) is 4.20. The normalized spacial score (nSPS) is 15.3. The molecule has 28 heavy (non-hydrogen) atoms. The summed E-state index contributed by atoms with van der Waals surface area (Å²) in [6.45, 7) is 2.58. The Morgan fingerprint density at radius 2 is 1.86 bits per heavy atom. The molecule has 0 spiro atoms. The van der Waals surface area contributed by atoms with E-state index in [-0.39, 0.29) is 11.6 Å². The summed E-state index contributed by atoms with van der Waals surface area (Å²) in [4.78, 5) is 25.7. The Labute approximate surface area is 164 Å². The van der Waals surface area contributed by atoms with Crippen molar-refractivity contribution >= 4 is 38.2 Å². The van der Waals surface area contributed by atoms with Gasteiger partial charge in [-0.3, -0.25) is 9.20 Å². The molecular weight excluding hydrogens is 377 g/mol. The molecule has 0 radical (unpaired) electrons. The fraction of sp³-hybridized carbons (Fsp3) is 0.250. The number of aromatic nitrogens is 3. The van der Waals surface area contributed by atoms with Crippen molar-refractivity contribution < 1.29 is 9.18 Å². The second-order valence-electron chi connectivity index (χ2n) is 6.78. The number of hydrogen-bond donors (Lipinski definition) is 0. The van der Waals surface area contributed by atoms with Crippen LogP contribution in [0.1, 0.15) is 16.9 Å². The number of rotatable bonds is 2. The number of carbonyl (C=O) groups excluding carboxylic acids is 1. The van der Waals surface area contributed by atoms with Gasteiger partial charge >= 0.3 is 0 Å². The number of imidazole rings is 1. The highest BCUT2D eigenvalue weighted by atomic mass is 32.1. The summed E-state index contributed by atoms with van der Waals surface area (Å²) in [6.07, 6.45) is 2.38. The van der Waals surface area contributed by atoms with Gasteiger partial charge in [0.25, 0.3) is 5.91 Å². The molecule has 0 saturated carbocycles. The van der Waals surface area contributed by atoms with Gasteiger partial charge in [-0.25, -0.2) is 9.97 Å². The number of amides is 1. The molecule has 0 aliphatic carbocycles. The molecule has 1 saturated heterocycles. The number of fused-ring (bicyclic) bond motifs is 2. The third-order valence-electron chi connectivity index (χ3n) is 5.01. The van der Waals surface area contributed by atoms with Gasteiger partial charge in [0.2, 0.25) is 5.95 Å². The van der Waals surface area contributed by atoms with E-state index in [4.69, 9.17) is 4.98 Å². The average Bonchev–Trinajstić information content (AvgIpc) is 3.20. The average molecular weight is 395 g/mol. The number of anilines is 1. The van der Waals surface area contributed by atoms with Crippen LogP contribution in [0.2, 0.25) is 0 Å². The first-order valence-electron chi connectivity index (χ1n) is 9.23. The van der Waals surface area contributed by atoms with E-state index in [0.29, 0.717) is 25.3 Å². The van der Waals surface area contributed by atoms with E-state index in [1.165, 1.54) is 4.40 Å². The van der Waals surface area contributed by atoms with Gasteiger partial charge in [0, 0.05) is 32.4 Å². The summed E-state index contributed by atoms with van der Waals surface area (Å²) in [5.41, 5.74) is 1.32. The van der Waals surface area contributed by atoms with Gasteiger partial charge in [0.05, 0.1) is 10.2 Å². The molecule has 4 heterocycles. The minimum Gasteiger partial charge on any atom is -0.346 e. The van der Waals surface area contributed by atoms with E-state index in [1.54, 1.807) is 40.6 Å². The van der Waals surface area contributed by atoms with Crippen LogP contribution in [0, 0.1) is 5.95 Å². The molecule has 142 valence electrons. The topological polar surface area (TPSA) is 53.7 Å². The highest BCUT2D eigenvalue weighted by Crippen LogP contribution is 2.29. The van der Waals surface area contributed by atoms with Crippen molar-refractivity contribution in [1.82, 2.24) is 19.3 Å². The lowest BCUT2D eigenvalue weighted by molar-refractivity contribution is 0.0756. The van der Waals surface area contributed by atoms with Crippen molar-refractivity contribution in [2.75, 3.05) is 31.1 Å². The third-order valence-corrected chi connectivity index (χ3v) is 6.11. The Morgan fingerprint density at radius 1 is 1.00 bits per heavy atom. The van der Waals surface area contributed by atoms with E-state index < -0.39 is 5.95 Å². The zero-order chi connectivity index (χ0) is 19.1. The summed E-state index contributed by atoms with van der Waals surface area (Å²) in [5.74, 6) is -0.958. The van der Waals surface area contributed by atoms with Gasteiger partial charge in [0.1, 0.15) is 5.65 Å². The highest BCUT2D eigenvalue weighted by Gasteiger charge is 2.26. The van der Waals surface area contributed by atoms with Crippen molar-refractivity contribution in [3.8, 4) is 0 Å². The first kappa shape index (κ1) is 17.1. The molecule has 3 aromatic heterocycles. The molecule has 1 amide bonds. The maximum absolute atomic E-state index is 14.6. The second kappa shape index (κ2) is 6.87. The molecule has 4 aromatic rings. The van der Waals surface area contributed by atoms with Crippen molar-refractivity contribution in [2.24, 2.45) is 0 Å². The molecular formula is C20H18FN5OS. The summed E-state index contributed by atoms with van der Waals surface area (Å²) in [6, 6.07) is 13.3. The standard InChI is InChI=1S/C20H18FN5OS/c21-18-17(23-16-8-3-4-11-26(16)18)19(27)24-9-5-10-25(13-12-24)20-22-14-6-1-2-7-15(14)28-20/h1-4,6-8,11H,5,9-10,12-13H2. The van der Waals surface area contributed by atoms with E-state index >= 15 is 0 Å². The minimum atomic E-state index is -0.604. The molecule has 6 nitrogen and oxygen atoms in total. The van der Waals surface area contributed by atoms with Crippen LogP contribution >= 0.6 is 11.3 Å². The number of halogens is 1. The predicted molar refractivity (Wildman–Crippen MR) is 108 cm³/mol. The predicted octanol–water partition coefficient (Wildman–Crippen LogP) is 3.44. The van der Waals surface area contributed by atoms with Gasteiger partial charge in [-0.15, -0.1) is 0 Å². The van der Waals surface area contributed by atoms with Crippen LogP contribution < -0.4 is 4.90 Å². The monoisotopic (exact) mass is 395 g/mol. The SMILES string of the molecule is O=C(c1nc2ccccn2c1F)N1CCCN(c2nc3ccccc3s2)CC1. The number of carbonyl (C=O) groups is 1. The summed E-state index contributed by atoms with van der Waals surface area (Å²) >= 11 is 1.66. The maximum Gasteiger partial charge on any atom is 0.277 e. The highest BCUT2D eigenvalue weighted by molar-refractivity contribution is 7.22. The smallest absolute Gasteiger partial charge is 0.277 e. The van der Waals surface area contributed by atoms with Crippen LogP contribution in [0.3, 0.4) is 0 Å². The van der Waals surface area contributed by atoms with Gasteiger partial charge in [-0.2, -0.15) is 4.39 Å². The third kappa shape index (κ3) is 2.90. The Hall–Kier alpha value is -3.00. The van der Waals surface area contributed by atoms with Crippen LogP contribution in [0.5, 0.6) is 0 Å². The Bertz CT molecular complexity index is 1140. The number of pyridine rings is 1. The van der Waals surface area contributed by atoms with Crippen LogP contribution in [-0.2, 0) is 0 Å². The fourth-order valence-corrected chi connectivity index (χ4v) is 4.58. The van der Waals surface area contributed by atoms with Gasteiger partial charge in [0.15, 0.2) is 10.8 Å². The quantitative estimate of drug-likeness (QED) is 0.522. The maximum atomic E-state index is 14.6. The number of benzene rings is 1. The molecule has 8 heteroatoms. The number of hydrogen-bond acceptors (Lipinski definition) is 5. The zero-order valence-electron chi connectivity index (χ0n) is 15.1. The lowest BCUT2D eigenvalue weighted by Gasteiger charge is -2.21. The van der Waals surface area contributed by atoms with Crippen molar-refractivity contribution in [3.63, 3.8) is 0 Å². The summed E-state index contributed by atoms with van der Waals surface area (Å²) in [5, 5.41) is 0.967. The van der Waals surface area contributed by atoms with Gasteiger partial charge < -0.3 is 9.80 Å². The lowest BCUT2D eigenvalue weighted by atomic mass is 10.3. The Morgan fingerprint density at radius 3 is 2.71 bits per heavy atom. The van der Waals surface area contributed by atoms with Crippen molar-refractivity contribution in [1.29, 1.82) is 0 Å².